The highest BCUT2D eigenvalue weighted by atomic mass is 79.9. The lowest BCUT2D eigenvalue weighted by Crippen LogP contribution is -2.06. The summed E-state index contributed by atoms with van der Waals surface area (Å²) in [5.41, 5.74) is 8.31. The largest absolute Gasteiger partial charge is 0.278 e. The van der Waals surface area contributed by atoms with Crippen molar-refractivity contribution in [2.45, 2.75) is 0 Å². The third kappa shape index (κ3) is 4.75. The first-order valence-electron chi connectivity index (χ1n) is 14.3. The summed E-state index contributed by atoms with van der Waals surface area (Å²) in [6.45, 7) is 0. The molecule has 0 saturated carbocycles. The van der Waals surface area contributed by atoms with Gasteiger partial charge in [-0.15, -0.1) is 0 Å². The van der Waals surface area contributed by atoms with Crippen molar-refractivity contribution in [1.29, 1.82) is 0 Å². The van der Waals surface area contributed by atoms with Crippen molar-refractivity contribution < 1.29 is 0 Å². The molecular weight excluding hydrogens is 606 g/mol. The van der Waals surface area contributed by atoms with Gasteiger partial charge in [-0.05, 0) is 64.7 Å². The Morgan fingerprint density at radius 2 is 0.955 bits per heavy atom. The highest BCUT2D eigenvalue weighted by Crippen LogP contribution is 2.34. The number of para-hydroxylation sites is 2. The van der Waals surface area contributed by atoms with Crippen molar-refractivity contribution in [2.75, 3.05) is 0 Å². The lowest BCUT2D eigenvalue weighted by atomic mass is 10.0. The van der Waals surface area contributed by atoms with E-state index in [0.717, 1.165) is 54.1 Å². The summed E-state index contributed by atoms with van der Waals surface area (Å²) in [5.74, 6) is 1.77. The summed E-state index contributed by atoms with van der Waals surface area (Å²) < 4.78 is 3.08. The number of aromatic nitrogens is 5. The predicted octanol–water partition coefficient (Wildman–Crippen LogP) is 9.79. The molecule has 0 bridgehead atoms. The van der Waals surface area contributed by atoms with E-state index in [0.29, 0.717) is 17.6 Å². The quantitative estimate of drug-likeness (QED) is 0.190. The lowest BCUT2D eigenvalue weighted by Gasteiger charge is -2.12. The van der Waals surface area contributed by atoms with Gasteiger partial charge in [0.2, 0.25) is 5.95 Å². The van der Waals surface area contributed by atoms with Crippen LogP contribution in [0.1, 0.15) is 0 Å². The van der Waals surface area contributed by atoms with E-state index in [1.807, 2.05) is 18.2 Å². The molecule has 44 heavy (non-hydrogen) atoms. The second kappa shape index (κ2) is 11.0. The number of hydrogen-bond donors (Lipinski definition) is 0. The molecule has 8 aromatic rings. The number of halogens is 1. The standard InChI is InChI=1S/C38H24BrN5/c39-31-23-29(27-18-20-40-21-19-27)22-30(24-31)37-41-36(28-16-14-26(15-17-28)25-8-2-1-3-9-25)42-38(43-37)44-34-12-6-4-10-32(34)33-11-5-7-13-35(33)44/h1-24H. The Morgan fingerprint density at radius 3 is 1.64 bits per heavy atom. The summed E-state index contributed by atoms with van der Waals surface area (Å²) in [4.78, 5) is 19.5. The highest BCUT2D eigenvalue weighted by Gasteiger charge is 2.18. The molecule has 0 spiro atoms. The fourth-order valence-electron chi connectivity index (χ4n) is 5.73. The summed E-state index contributed by atoms with van der Waals surface area (Å²) >= 11 is 3.73. The zero-order chi connectivity index (χ0) is 29.5. The zero-order valence-electron chi connectivity index (χ0n) is 23.5. The van der Waals surface area contributed by atoms with E-state index in [1.54, 1.807) is 12.4 Å². The van der Waals surface area contributed by atoms with Gasteiger partial charge in [0.15, 0.2) is 11.6 Å². The topological polar surface area (TPSA) is 56.5 Å². The molecule has 0 amide bonds. The first kappa shape index (κ1) is 26.2. The Labute approximate surface area is 262 Å². The lowest BCUT2D eigenvalue weighted by molar-refractivity contribution is 0.953. The Hall–Kier alpha value is -5.46. The van der Waals surface area contributed by atoms with Crippen LogP contribution in [-0.4, -0.2) is 24.5 Å². The average Bonchev–Trinajstić information content (AvgIpc) is 3.43. The van der Waals surface area contributed by atoms with E-state index >= 15 is 0 Å². The molecule has 0 N–H and O–H groups in total. The molecule has 0 fully saturated rings. The van der Waals surface area contributed by atoms with E-state index in [9.17, 15) is 0 Å². The number of nitrogens with zero attached hydrogens (tertiary/aromatic N) is 5. The predicted molar refractivity (Wildman–Crippen MR) is 181 cm³/mol. The minimum atomic E-state index is 0.569. The summed E-state index contributed by atoms with van der Waals surface area (Å²) in [6, 6.07) is 45.8. The third-order valence-corrected chi connectivity index (χ3v) is 8.28. The van der Waals surface area contributed by atoms with Crippen molar-refractivity contribution in [3.63, 3.8) is 0 Å². The monoisotopic (exact) mass is 629 g/mol. The summed E-state index contributed by atoms with van der Waals surface area (Å²) in [7, 11) is 0. The van der Waals surface area contributed by atoms with Gasteiger partial charge >= 0.3 is 0 Å². The van der Waals surface area contributed by atoms with Gasteiger partial charge in [0.25, 0.3) is 0 Å². The van der Waals surface area contributed by atoms with Crippen molar-refractivity contribution in [3.8, 4) is 51.0 Å². The van der Waals surface area contributed by atoms with Crippen LogP contribution in [0.25, 0.3) is 72.8 Å². The maximum atomic E-state index is 5.12. The van der Waals surface area contributed by atoms with Crippen LogP contribution in [0.4, 0.5) is 0 Å². The zero-order valence-corrected chi connectivity index (χ0v) is 25.1. The van der Waals surface area contributed by atoms with Crippen LogP contribution in [0.3, 0.4) is 0 Å². The first-order chi connectivity index (χ1) is 21.7. The molecule has 0 aliphatic rings. The second-order valence-corrected chi connectivity index (χ2v) is 11.5. The maximum absolute atomic E-state index is 5.12. The van der Waals surface area contributed by atoms with Crippen LogP contribution in [0.2, 0.25) is 0 Å². The van der Waals surface area contributed by atoms with Crippen molar-refractivity contribution in [3.05, 3.63) is 150 Å². The second-order valence-electron chi connectivity index (χ2n) is 10.6. The van der Waals surface area contributed by atoms with Gasteiger partial charge in [-0.1, -0.05) is 107 Å². The summed E-state index contributed by atoms with van der Waals surface area (Å²) in [6.07, 6.45) is 3.60. The fraction of sp³-hybridized carbons (Fsp3) is 0. The van der Waals surface area contributed by atoms with Crippen LogP contribution in [0, 0.1) is 0 Å². The minimum absolute atomic E-state index is 0.569. The maximum Gasteiger partial charge on any atom is 0.238 e. The van der Waals surface area contributed by atoms with Gasteiger partial charge in [-0.25, -0.2) is 4.98 Å². The van der Waals surface area contributed by atoms with Crippen molar-refractivity contribution in [2.24, 2.45) is 0 Å². The molecule has 8 rings (SSSR count). The van der Waals surface area contributed by atoms with Gasteiger partial charge in [0.05, 0.1) is 11.0 Å². The van der Waals surface area contributed by atoms with Crippen molar-refractivity contribution >= 4 is 37.7 Å². The van der Waals surface area contributed by atoms with E-state index in [-0.39, 0.29) is 0 Å². The SMILES string of the molecule is Brc1cc(-c2ccncc2)cc(-c2nc(-c3ccc(-c4ccccc4)cc3)nc(-n3c4ccccc4c4ccccc43)n2)c1. The molecule has 3 heterocycles. The van der Waals surface area contributed by atoms with Crippen LogP contribution in [-0.2, 0) is 0 Å². The summed E-state index contributed by atoms with van der Waals surface area (Å²) in [5, 5.41) is 2.31. The smallest absolute Gasteiger partial charge is 0.238 e. The minimum Gasteiger partial charge on any atom is -0.278 e. The Kier molecular flexibility index (Phi) is 6.54. The third-order valence-electron chi connectivity index (χ3n) is 7.82. The number of fused-ring (bicyclic) bond motifs is 3. The number of benzene rings is 5. The van der Waals surface area contributed by atoms with E-state index in [1.165, 1.54) is 5.56 Å². The average molecular weight is 631 g/mol. The molecule has 208 valence electrons. The molecule has 0 unspecified atom stereocenters. The van der Waals surface area contributed by atoms with Crippen LogP contribution >= 0.6 is 15.9 Å². The molecular formula is C38H24BrN5. The molecule has 0 saturated heterocycles. The number of rotatable bonds is 5. The Morgan fingerprint density at radius 1 is 0.432 bits per heavy atom. The van der Waals surface area contributed by atoms with Gasteiger partial charge in [-0.3, -0.25) is 9.55 Å². The Bertz CT molecular complexity index is 2220. The molecule has 5 aromatic carbocycles. The molecule has 0 atom stereocenters. The van der Waals surface area contributed by atoms with Crippen LogP contribution in [0.15, 0.2) is 150 Å². The highest BCUT2D eigenvalue weighted by molar-refractivity contribution is 9.10. The van der Waals surface area contributed by atoms with Gasteiger partial charge in [0.1, 0.15) is 0 Å². The Balaban J connectivity index is 1.35. The molecule has 5 nitrogen and oxygen atoms in total. The van der Waals surface area contributed by atoms with Crippen molar-refractivity contribution in [1.82, 2.24) is 24.5 Å². The van der Waals surface area contributed by atoms with Gasteiger partial charge < -0.3 is 0 Å². The van der Waals surface area contributed by atoms with E-state index in [4.69, 9.17) is 15.0 Å². The molecule has 3 aromatic heterocycles. The van der Waals surface area contributed by atoms with Crippen LogP contribution in [0.5, 0.6) is 0 Å². The fourth-order valence-corrected chi connectivity index (χ4v) is 6.23. The van der Waals surface area contributed by atoms with Crippen LogP contribution < -0.4 is 0 Å². The first-order valence-corrected chi connectivity index (χ1v) is 15.1. The van der Waals surface area contributed by atoms with E-state index < -0.39 is 0 Å². The number of pyridine rings is 1. The van der Waals surface area contributed by atoms with Gasteiger partial charge in [-0.2, -0.15) is 9.97 Å². The number of hydrogen-bond acceptors (Lipinski definition) is 4. The molecule has 0 radical (unpaired) electrons. The molecule has 0 aliphatic carbocycles. The van der Waals surface area contributed by atoms with Gasteiger partial charge in [0, 0.05) is 38.8 Å². The normalized spacial score (nSPS) is 11.3. The molecule has 0 aliphatic heterocycles. The molecule has 6 heteroatoms. The van der Waals surface area contributed by atoms with E-state index in [2.05, 4.69) is 141 Å².